The first-order valence-electron chi connectivity index (χ1n) is 8.84. The summed E-state index contributed by atoms with van der Waals surface area (Å²) >= 11 is 0. The van der Waals surface area contributed by atoms with Gasteiger partial charge in [-0.25, -0.2) is 0 Å². The van der Waals surface area contributed by atoms with Crippen LogP contribution in [0.2, 0.25) is 0 Å². The van der Waals surface area contributed by atoms with Gasteiger partial charge in [-0.15, -0.1) is 0 Å². The van der Waals surface area contributed by atoms with Gasteiger partial charge in [0.15, 0.2) is 0 Å². The molecule has 0 bridgehead atoms. The fraction of sp³-hybridized carbons (Fsp3) is 0.0909. The largest absolute Gasteiger partial charge is 0.496 e. The number of amides is 1. The minimum atomic E-state index is -0.572. The second-order valence-electron chi connectivity index (χ2n) is 6.28. The average Bonchev–Trinajstić information content (AvgIpc) is 3.21. The van der Waals surface area contributed by atoms with Crippen LogP contribution in [0.1, 0.15) is 11.3 Å². The maximum atomic E-state index is 12.5. The number of benzene rings is 2. The number of anilines is 1. The Labute approximate surface area is 172 Å². The number of nitrogens with one attached hydrogen (secondary N) is 1. The Morgan fingerprint density at radius 2 is 2.00 bits per heavy atom. The molecule has 1 N–H and O–H groups in total. The summed E-state index contributed by atoms with van der Waals surface area (Å²) in [5, 5.41) is 23.2. The molecule has 0 fully saturated rings. The molecule has 1 heterocycles. The van der Waals surface area contributed by atoms with E-state index >= 15 is 0 Å². The van der Waals surface area contributed by atoms with Gasteiger partial charge in [0.2, 0.25) is 0 Å². The van der Waals surface area contributed by atoms with Gasteiger partial charge >= 0.3 is 0 Å². The molecule has 0 aliphatic rings. The van der Waals surface area contributed by atoms with Crippen molar-refractivity contribution in [3.8, 4) is 23.1 Å². The number of para-hydroxylation sites is 1. The van der Waals surface area contributed by atoms with E-state index in [9.17, 15) is 20.2 Å². The minimum Gasteiger partial charge on any atom is -0.496 e. The van der Waals surface area contributed by atoms with Crippen LogP contribution >= 0.6 is 0 Å². The summed E-state index contributed by atoms with van der Waals surface area (Å²) < 4.78 is 10.9. The zero-order chi connectivity index (χ0) is 21.7. The molecule has 3 aromatic rings. The van der Waals surface area contributed by atoms with Crippen LogP contribution in [-0.4, -0.2) is 17.9 Å². The predicted octanol–water partition coefficient (Wildman–Crippen LogP) is 4.72. The highest BCUT2D eigenvalue weighted by Crippen LogP contribution is 2.34. The summed E-state index contributed by atoms with van der Waals surface area (Å²) in [7, 11) is 1.44. The third-order valence-electron chi connectivity index (χ3n) is 4.33. The number of aryl methyl sites for hydroxylation is 1. The SMILES string of the molecule is COc1ccc([N+](=O)[O-])cc1-c1ccc(/C=C(\C#N)C(=O)Nc2ccccc2C)o1. The number of rotatable bonds is 6. The monoisotopic (exact) mass is 403 g/mol. The number of nitro groups is 1. The van der Waals surface area contributed by atoms with Crippen molar-refractivity contribution in [1.82, 2.24) is 0 Å². The van der Waals surface area contributed by atoms with Gasteiger partial charge in [-0.1, -0.05) is 18.2 Å². The molecule has 0 spiro atoms. The summed E-state index contributed by atoms with van der Waals surface area (Å²) in [6, 6.07) is 16.4. The maximum Gasteiger partial charge on any atom is 0.270 e. The van der Waals surface area contributed by atoms with Crippen molar-refractivity contribution in [2.24, 2.45) is 0 Å². The first kappa shape index (κ1) is 20.4. The van der Waals surface area contributed by atoms with E-state index in [-0.39, 0.29) is 17.0 Å². The molecule has 0 atom stereocenters. The van der Waals surface area contributed by atoms with Crippen LogP contribution in [0.15, 0.2) is 64.6 Å². The fourth-order valence-electron chi connectivity index (χ4n) is 2.77. The van der Waals surface area contributed by atoms with E-state index in [0.29, 0.717) is 22.8 Å². The first-order valence-corrected chi connectivity index (χ1v) is 8.84. The molecule has 8 nitrogen and oxygen atoms in total. The number of hydrogen-bond donors (Lipinski definition) is 1. The van der Waals surface area contributed by atoms with Crippen molar-refractivity contribution >= 4 is 23.4 Å². The molecule has 0 saturated carbocycles. The zero-order valence-corrected chi connectivity index (χ0v) is 16.2. The molecule has 1 amide bonds. The summed E-state index contributed by atoms with van der Waals surface area (Å²) in [6.07, 6.45) is 1.31. The van der Waals surface area contributed by atoms with E-state index in [1.807, 2.05) is 25.1 Å². The maximum absolute atomic E-state index is 12.5. The van der Waals surface area contributed by atoms with Crippen molar-refractivity contribution in [3.05, 3.63) is 81.6 Å². The van der Waals surface area contributed by atoms with Gasteiger partial charge in [0.25, 0.3) is 11.6 Å². The minimum absolute atomic E-state index is 0.116. The number of non-ortho nitro benzene ring substituents is 1. The van der Waals surface area contributed by atoms with Crippen LogP contribution in [0, 0.1) is 28.4 Å². The van der Waals surface area contributed by atoms with Gasteiger partial charge < -0.3 is 14.5 Å². The Kier molecular flexibility index (Phi) is 5.94. The summed E-state index contributed by atoms with van der Waals surface area (Å²) in [5.74, 6) is 0.370. The topological polar surface area (TPSA) is 118 Å². The number of carbonyl (C=O) groups is 1. The molecule has 0 unspecified atom stereocenters. The third-order valence-corrected chi connectivity index (χ3v) is 4.33. The van der Waals surface area contributed by atoms with Crippen LogP contribution in [0.3, 0.4) is 0 Å². The first-order chi connectivity index (χ1) is 14.4. The normalized spacial score (nSPS) is 10.9. The zero-order valence-electron chi connectivity index (χ0n) is 16.2. The van der Waals surface area contributed by atoms with Gasteiger partial charge in [0.05, 0.1) is 17.6 Å². The molecular formula is C22H17N3O5. The highest BCUT2D eigenvalue weighted by molar-refractivity contribution is 6.09. The molecular weight excluding hydrogens is 386 g/mol. The summed E-state index contributed by atoms with van der Waals surface area (Å²) in [4.78, 5) is 23.0. The fourth-order valence-corrected chi connectivity index (χ4v) is 2.77. The van der Waals surface area contributed by atoms with Gasteiger partial charge in [-0.05, 0) is 36.8 Å². The van der Waals surface area contributed by atoms with E-state index in [0.717, 1.165) is 5.56 Å². The lowest BCUT2D eigenvalue weighted by molar-refractivity contribution is -0.384. The van der Waals surface area contributed by atoms with Crippen molar-refractivity contribution in [2.45, 2.75) is 6.92 Å². The number of nitro benzene ring substituents is 1. The van der Waals surface area contributed by atoms with E-state index < -0.39 is 10.8 Å². The van der Waals surface area contributed by atoms with Gasteiger partial charge in [-0.2, -0.15) is 5.26 Å². The molecule has 8 heteroatoms. The molecule has 1 aromatic heterocycles. The number of nitriles is 1. The Bertz CT molecular complexity index is 1190. The van der Waals surface area contributed by atoms with Crippen LogP contribution < -0.4 is 10.1 Å². The van der Waals surface area contributed by atoms with Gasteiger partial charge in [0.1, 0.15) is 28.9 Å². The lowest BCUT2D eigenvalue weighted by atomic mass is 10.1. The highest BCUT2D eigenvalue weighted by Gasteiger charge is 2.17. The van der Waals surface area contributed by atoms with Crippen LogP contribution in [0.4, 0.5) is 11.4 Å². The quantitative estimate of drug-likeness (QED) is 0.275. The van der Waals surface area contributed by atoms with Gasteiger partial charge in [0, 0.05) is 23.9 Å². The number of nitrogens with zero attached hydrogens (tertiary/aromatic N) is 2. The van der Waals surface area contributed by atoms with E-state index in [4.69, 9.17) is 9.15 Å². The second-order valence-corrected chi connectivity index (χ2v) is 6.28. The molecule has 2 aromatic carbocycles. The molecule has 0 aliphatic heterocycles. The Morgan fingerprint density at radius 1 is 1.23 bits per heavy atom. The Hall–Kier alpha value is -4.38. The van der Waals surface area contributed by atoms with E-state index in [2.05, 4.69) is 5.32 Å². The van der Waals surface area contributed by atoms with E-state index in [1.165, 1.54) is 31.4 Å². The lowest BCUT2D eigenvalue weighted by Gasteiger charge is -2.07. The number of furan rings is 1. The Morgan fingerprint density at radius 3 is 2.67 bits per heavy atom. The molecule has 0 aliphatic carbocycles. The molecule has 150 valence electrons. The number of methoxy groups -OCH3 is 1. The number of ether oxygens (including phenoxy) is 1. The Balaban J connectivity index is 1.90. The van der Waals surface area contributed by atoms with Crippen molar-refractivity contribution in [1.29, 1.82) is 5.26 Å². The van der Waals surface area contributed by atoms with Crippen molar-refractivity contribution in [3.63, 3.8) is 0 Å². The lowest BCUT2D eigenvalue weighted by Crippen LogP contribution is -2.14. The molecule has 3 rings (SSSR count). The third kappa shape index (κ3) is 4.36. The highest BCUT2D eigenvalue weighted by atomic mass is 16.6. The molecule has 0 saturated heterocycles. The average molecular weight is 403 g/mol. The standard InChI is InChI=1S/C22H17N3O5/c1-14-5-3-4-6-19(14)24-22(26)15(13-23)11-17-8-10-21(30-17)18-12-16(25(27)28)7-9-20(18)29-2/h3-12H,1-2H3,(H,24,26)/b15-11+. The predicted molar refractivity (Wildman–Crippen MR) is 111 cm³/mol. The van der Waals surface area contributed by atoms with Gasteiger partial charge in [-0.3, -0.25) is 14.9 Å². The van der Waals surface area contributed by atoms with Crippen molar-refractivity contribution in [2.75, 3.05) is 12.4 Å². The van der Waals surface area contributed by atoms with Crippen molar-refractivity contribution < 1.29 is 18.9 Å². The molecule has 30 heavy (non-hydrogen) atoms. The van der Waals surface area contributed by atoms with Crippen LogP contribution in [-0.2, 0) is 4.79 Å². The second kappa shape index (κ2) is 8.75. The number of hydrogen-bond acceptors (Lipinski definition) is 6. The summed E-state index contributed by atoms with van der Waals surface area (Å²) in [5.41, 5.74) is 1.58. The molecule has 0 radical (unpaired) electrons. The van der Waals surface area contributed by atoms with Crippen LogP contribution in [0.5, 0.6) is 5.75 Å². The summed E-state index contributed by atoms with van der Waals surface area (Å²) in [6.45, 7) is 1.84. The smallest absolute Gasteiger partial charge is 0.270 e. The van der Waals surface area contributed by atoms with Crippen LogP contribution in [0.25, 0.3) is 17.4 Å². The number of carbonyl (C=O) groups excluding carboxylic acids is 1. The van der Waals surface area contributed by atoms with E-state index in [1.54, 1.807) is 24.3 Å².